The quantitative estimate of drug-likeness (QED) is 0.310. The molecule has 0 atom stereocenters. The van der Waals surface area contributed by atoms with Gasteiger partial charge >= 0.3 is 11.9 Å². The summed E-state index contributed by atoms with van der Waals surface area (Å²) >= 11 is 4.24. The normalized spacial score (nSPS) is 13.2. The summed E-state index contributed by atoms with van der Waals surface area (Å²) in [6.45, 7) is 4.57. The zero-order valence-corrected chi connectivity index (χ0v) is 19.9. The summed E-state index contributed by atoms with van der Waals surface area (Å²) in [5.41, 5.74) is -0.244. The molecule has 2 aliphatic heterocycles. The number of benzene rings is 1. The minimum Gasteiger partial charge on any atom is -0.424 e. The first-order valence-electron chi connectivity index (χ1n) is 8.70. The van der Waals surface area contributed by atoms with Crippen LogP contribution in [0.15, 0.2) is 39.2 Å². The molecule has 0 aliphatic carbocycles. The van der Waals surface area contributed by atoms with Crippen LogP contribution in [-0.4, -0.2) is 11.9 Å². The van der Waals surface area contributed by atoms with E-state index in [2.05, 4.69) is 0 Å². The number of carbonyl (C=O) groups excluding carboxylic acids is 2. The topological polar surface area (TPSA) is 148 Å². The molecule has 0 aromatic heterocycles. The zero-order chi connectivity index (χ0) is 23.6. The molecule has 0 saturated carbocycles. The molecule has 8 nitrogen and oxygen atoms in total. The minimum atomic E-state index is -0.603. The van der Waals surface area contributed by atoms with Gasteiger partial charge in [0.15, 0.2) is 11.5 Å². The van der Waals surface area contributed by atoms with Gasteiger partial charge in [0.05, 0.1) is 34.0 Å². The van der Waals surface area contributed by atoms with Crippen LogP contribution in [-0.2, 0) is 9.59 Å². The van der Waals surface area contributed by atoms with Gasteiger partial charge in [0, 0.05) is 6.92 Å². The number of nitrogens with zero attached hydrogens (tertiary/aromatic N) is 4. The third-order valence-corrected chi connectivity index (χ3v) is 8.98. The Kier molecular flexibility index (Phi) is 7.13. The number of carbonyl (C=O) groups is 2. The molecule has 0 bridgehead atoms. The molecule has 1 aromatic carbocycles. The number of rotatable bonds is 3. The van der Waals surface area contributed by atoms with E-state index in [1.54, 1.807) is 13.8 Å². The molecular weight excluding hydrogens is 489 g/mol. The second kappa shape index (κ2) is 9.65. The number of esters is 2. The summed E-state index contributed by atoms with van der Waals surface area (Å²) in [4.78, 5) is 26.0. The van der Waals surface area contributed by atoms with Crippen LogP contribution in [0.4, 0.5) is 0 Å². The number of hydrogen-bond donors (Lipinski definition) is 0. The molecular formula is C20H10N4O4S4. The van der Waals surface area contributed by atoms with Crippen LogP contribution in [0.3, 0.4) is 0 Å². The third kappa shape index (κ3) is 4.32. The number of thioether (sulfide) groups is 4. The maximum atomic E-state index is 12.5. The largest absolute Gasteiger partial charge is 0.424 e. The van der Waals surface area contributed by atoms with Gasteiger partial charge in [0.1, 0.15) is 35.4 Å². The first-order chi connectivity index (χ1) is 15.2. The van der Waals surface area contributed by atoms with E-state index >= 15 is 0 Å². The predicted molar refractivity (Wildman–Crippen MR) is 118 cm³/mol. The Morgan fingerprint density at radius 1 is 0.719 bits per heavy atom. The summed E-state index contributed by atoms with van der Waals surface area (Å²) < 4.78 is 11.9. The number of fused-ring (bicyclic) bond motifs is 2. The van der Waals surface area contributed by atoms with Gasteiger partial charge in [-0.1, -0.05) is 60.9 Å². The average Bonchev–Trinajstić information content (AvgIpc) is 3.37. The van der Waals surface area contributed by atoms with E-state index in [0.717, 1.165) is 47.0 Å². The first kappa shape index (κ1) is 23.7. The van der Waals surface area contributed by atoms with E-state index < -0.39 is 17.9 Å². The van der Waals surface area contributed by atoms with E-state index in [4.69, 9.17) is 9.47 Å². The smallest absolute Gasteiger partial charge is 0.313 e. The fourth-order valence-electron chi connectivity index (χ4n) is 2.39. The predicted octanol–water partition coefficient (Wildman–Crippen LogP) is 5.09. The molecule has 0 unspecified atom stereocenters. The van der Waals surface area contributed by atoms with E-state index in [0.29, 0.717) is 28.1 Å². The number of nitriles is 4. The summed E-state index contributed by atoms with van der Waals surface area (Å²) in [5.74, 6) is -1.22. The Hall–Kier alpha value is -3.00. The van der Waals surface area contributed by atoms with E-state index in [1.165, 1.54) is 6.92 Å². The van der Waals surface area contributed by atoms with Gasteiger partial charge in [0.25, 0.3) is 0 Å². The van der Waals surface area contributed by atoms with Crippen molar-refractivity contribution in [3.8, 4) is 35.8 Å². The molecule has 0 spiro atoms. The van der Waals surface area contributed by atoms with Crippen molar-refractivity contribution >= 4 is 59.0 Å². The second-order valence-electron chi connectivity index (χ2n) is 6.32. The molecule has 0 saturated heterocycles. The van der Waals surface area contributed by atoms with E-state index in [-0.39, 0.29) is 22.6 Å². The van der Waals surface area contributed by atoms with Gasteiger partial charge in [-0.05, 0) is 0 Å². The number of allylic oxidation sites excluding steroid dienone is 2. The lowest BCUT2D eigenvalue weighted by atomic mass is 10.2. The molecule has 2 heterocycles. The van der Waals surface area contributed by atoms with Gasteiger partial charge in [-0.3, -0.25) is 9.59 Å². The van der Waals surface area contributed by atoms with Crippen molar-refractivity contribution < 1.29 is 19.1 Å². The maximum absolute atomic E-state index is 12.5. The molecule has 158 valence electrons. The molecule has 2 aliphatic rings. The number of hydrogen-bond acceptors (Lipinski definition) is 12. The van der Waals surface area contributed by atoms with Crippen molar-refractivity contribution in [2.45, 2.75) is 40.4 Å². The fourth-order valence-corrected chi connectivity index (χ4v) is 7.55. The van der Waals surface area contributed by atoms with Crippen LogP contribution in [0.1, 0.15) is 20.8 Å². The second-order valence-corrected chi connectivity index (χ2v) is 10.9. The van der Waals surface area contributed by atoms with E-state index in [1.807, 2.05) is 24.3 Å². The van der Waals surface area contributed by atoms with Crippen molar-refractivity contribution in [1.29, 1.82) is 21.0 Å². The minimum absolute atomic E-state index is 0.122. The van der Waals surface area contributed by atoms with Crippen LogP contribution in [0, 0.1) is 51.2 Å². The zero-order valence-electron chi connectivity index (χ0n) is 16.6. The van der Waals surface area contributed by atoms with Crippen molar-refractivity contribution in [2.75, 3.05) is 0 Å². The highest BCUT2D eigenvalue weighted by Gasteiger charge is 2.39. The Morgan fingerprint density at radius 3 is 1.34 bits per heavy atom. The van der Waals surface area contributed by atoms with Crippen molar-refractivity contribution in [3.05, 3.63) is 19.6 Å². The lowest BCUT2D eigenvalue weighted by Crippen LogP contribution is -2.16. The molecule has 12 heteroatoms. The van der Waals surface area contributed by atoms with Crippen LogP contribution in [0.25, 0.3) is 0 Å². The molecule has 0 N–H and O–H groups in total. The van der Waals surface area contributed by atoms with Gasteiger partial charge in [-0.2, -0.15) is 21.0 Å². The van der Waals surface area contributed by atoms with Crippen molar-refractivity contribution in [3.63, 3.8) is 0 Å². The highest BCUT2D eigenvalue weighted by atomic mass is 32.2. The summed E-state index contributed by atoms with van der Waals surface area (Å²) in [5, 5.41) is 37.1. The Balaban J connectivity index is 2.33. The maximum Gasteiger partial charge on any atom is 0.313 e. The molecule has 0 amide bonds. The van der Waals surface area contributed by atoms with Gasteiger partial charge in [-0.15, -0.1) is 0 Å². The van der Waals surface area contributed by atoms with Gasteiger partial charge in [0.2, 0.25) is 0 Å². The lowest BCUT2D eigenvalue weighted by molar-refractivity contribution is -0.138. The van der Waals surface area contributed by atoms with E-state index in [9.17, 15) is 30.6 Å². The molecule has 32 heavy (non-hydrogen) atoms. The standard InChI is InChI=1S/C20H10N4O4S4/c1-8(2)18(26)28-13-16-14(29-19(31-16)10(4-21)5-22)12(27-9(3)25)15-17(13)32-20(30-15)11(6-23)7-24/h8H,1-3H3. The molecule has 3 rings (SSSR count). The van der Waals surface area contributed by atoms with Gasteiger partial charge < -0.3 is 9.47 Å². The Morgan fingerprint density at radius 2 is 1.06 bits per heavy atom. The SMILES string of the molecule is CC(=O)Oc1c2c(c(OC(=O)C(C)C)c3c1SC(=C(C#N)C#N)S3)SC(=C(C#N)C#N)S2. The summed E-state index contributed by atoms with van der Waals surface area (Å²) in [6.07, 6.45) is 0. The lowest BCUT2D eigenvalue weighted by Gasteiger charge is -2.16. The van der Waals surface area contributed by atoms with Crippen LogP contribution < -0.4 is 9.47 Å². The summed E-state index contributed by atoms with van der Waals surface area (Å²) in [7, 11) is 0. The summed E-state index contributed by atoms with van der Waals surface area (Å²) in [6, 6.07) is 7.33. The fraction of sp³-hybridized carbons (Fsp3) is 0.200. The number of ether oxygens (including phenoxy) is 2. The molecule has 1 aromatic rings. The highest BCUT2D eigenvalue weighted by Crippen LogP contribution is 2.68. The Bertz CT molecular complexity index is 1190. The van der Waals surface area contributed by atoms with Crippen molar-refractivity contribution in [1.82, 2.24) is 0 Å². The van der Waals surface area contributed by atoms with Crippen LogP contribution >= 0.6 is 47.0 Å². The van der Waals surface area contributed by atoms with Crippen LogP contribution in [0.2, 0.25) is 0 Å². The molecule has 0 radical (unpaired) electrons. The third-order valence-electron chi connectivity index (χ3n) is 3.79. The van der Waals surface area contributed by atoms with Crippen LogP contribution in [0.5, 0.6) is 11.5 Å². The highest BCUT2D eigenvalue weighted by molar-refractivity contribution is 8.26. The Labute approximate surface area is 200 Å². The monoisotopic (exact) mass is 498 g/mol. The molecule has 0 fully saturated rings. The van der Waals surface area contributed by atoms with Gasteiger partial charge in [-0.25, -0.2) is 0 Å². The average molecular weight is 499 g/mol. The first-order valence-corrected chi connectivity index (χ1v) is 12.0. The van der Waals surface area contributed by atoms with Crippen molar-refractivity contribution in [2.24, 2.45) is 5.92 Å².